The highest BCUT2D eigenvalue weighted by Gasteiger charge is 2.39. The van der Waals surface area contributed by atoms with Gasteiger partial charge in [0.15, 0.2) is 9.84 Å². The van der Waals surface area contributed by atoms with E-state index >= 15 is 0 Å². The summed E-state index contributed by atoms with van der Waals surface area (Å²) in [5.74, 6) is 0.823. The Morgan fingerprint density at radius 1 is 1.25 bits per heavy atom. The molecular formula is C7H14ClNO2S. The Hall–Kier alpha value is 0.200. The van der Waals surface area contributed by atoms with Gasteiger partial charge in [0, 0.05) is 6.54 Å². The van der Waals surface area contributed by atoms with E-state index in [0.717, 1.165) is 19.4 Å². The second-order valence-corrected chi connectivity index (χ2v) is 5.81. The first-order valence-electron chi connectivity index (χ1n) is 4.12. The Morgan fingerprint density at radius 2 is 2.00 bits per heavy atom. The average molecular weight is 212 g/mol. The molecule has 2 atom stereocenters. The molecule has 0 unspecified atom stereocenters. The quantitative estimate of drug-likeness (QED) is 0.623. The summed E-state index contributed by atoms with van der Waals surface area (Å²) in [4.78, 5) is 0. The van der Waals surface area contributed by atoms with Crippen LogP contribution in [0.5, 0.6) is 0 Å². The van der Waals surface area contributed by atoms with Gasteiger partial charge in [-0.15, -0.1) is 12.4 Å². The van der Waals surface area contributed by atoms with Crippen molar-refractivity contribution < 1.29 is 8.42 Å². The molecule has 2 saturated heterocycles. The number of fused-ring (bicyclic) bond motifs is 1. The predicted octanol–water partition coefficient (Wildman–Crippen LogP) is 0.205. The van der Waals surface area contributed by atoms with E-state index in [4.69, 9.17) is 0 Å². The first kappa shape index (κ1) is 10.3. The molecule has 3 nitrogen and oxygen atoms in total. The van der Waals surface area contributed by atoms with Crippen LogP contribution in [-0.4, -0.2) is 32.5 Å². The molecule has 0 saturated carbocycles. The molecule has 0 aromatic carbocycles. The van der Waals surface area contributed by atoms with Crippen molar-refractivity contribution in [2.24, 2.45) is 5.92 Å². The molecule has 72 valence electrons. The highest BCUT2D eigenvalue weighted by molar-refractivity contribution is 7.92. The number of sulfone groups is 1. The minimum Gasteiger partial charge on any atom is -0.315 e. The third-order valence-electron chi connectivity index (χ3n) is 2.74. The monoisotopic (exact) mass is 211 g/mol. The highest BCUT2D eigenvalue weighted by atomic mass is 35.5. The van der Waals surface area contributed by atoms with E-state index in [2.05, 4.69) is 5.32 Å². The topological polar surface area (TPSA) is 46.2 Å². The van der Waals surface area contributed by atoms with Crippen LogP contribution in [0.25, 0.3) is 0 Å². The van der Waals surface area contributed by atoms with Crippen molar-refractivity contribution in [1.82, 2.24) is 5.32 Å². The van der Waals surface area contributed by atoms with Crippen molar-refractivity contribution in [3.63, 3.8) is 0 Å². The van der Waals surface area contributed by atoms with Gasteiger partial charge < -0.3 is 5.32 Å². The zero-order valence-corrected chi connectivity index (χ0v) is 8.46. The molecule has 2 fully saturated rings. The van der Waals surface area contributed by atoms with Gasteiger partial charge in [0.05, 0.1) is 11.0 Å². The summed E-state index contributed by atoms with van der Waals surface area (Å²) >= 11 is 0. The molecule has 0 amide bonds. The van der Waals surface area contributed by atoms with Gasteiger partial charge in [0.1, 0.15) is 0 Å². The van der Waals surface area contributed by atoms with Gasteiger partial charge in [0.2, 0.25) is 0 Å². The molecule has 0 bridgehead atoms. The van der Waals surface area contributed by atoms with Gasteiger partial charge in [0.25, 0.3) is 0 Å². The molecule has 2 aliphatic heterocycles. The molecule has 2 aliphatic rings. The molecule has 0 aliphatic carbocycles. The fraction of sp³-hybridized carbons (Fsp3) is 1.00. The summed E-state index contributed by atoms with van der Waals surface area (Å²) in [5, 5.41) is 3.08. The fourth-order valence-electron chi connectivity index (χ4n) is 2.12. The first-order valence-corrected chi connectivity index (χ1v) is 5.84. The Kier molecular flexibility index (Phi) is 3.01. The molecule has 1 N–H and O–H groups in total. The molecule has 2 rings (SSSR count). The van der Waals surface area contributed by atoms with Crippen molar-refractivity contribution >= 4 is 22.2 Å². The van der Waals surface area contributed by atoms with E-state index in [9.17, 15) is 8.42 Å². The van der Waals surface area contributed by atoms with Crippen LogP contribution in [0.3, 0.4) is 0 Å². The third kappa shape index (κ3) is 1.60. The van der Waals surface area contributed by atoms with Crippen LogP contribution in [0, 0.1) is 5.92 Å². The maximum atomic E-state index is 11.4. The zero-order valence-electron chi connectivity index (χ0n) is 6.82. The van der Waals surface area contributed by atoms with E-state index in [0.29, 0.717) is 18.2 Å². The van der Waals surface area contributed by atoms with E-state index in [1.807, 2.05) is 0 Å². The number of hydrogen-bond acceptors (Lipinski definition) is 3. The van der Waals surface area contributed by atoms with E-state index < -0.39 is 9.84 Å². The molecule has 0 radical (unpaired) electrons. The van der Waals surface area contributed by atoms with Gasteiger partial charge in [-0.2, -0.15) is 0 Å². The van der Waals surface area contributed by atoms with Crippen molar-refractivity contribution in [1.29, 1.82) is 0 Å². The predicted molar refractivity (Wildman–Crippen MR) is 50.4 cm³/mol. The summed E-state index contributed by atoms with van der Waals surface area (Å²) in [6, 6.07) is 0. The molecule has 2 heterocycles. The maximum Gasteiger partial charge on any atom is 0.154 e. The van der Waals surface area contributed by atoms with Crippen LogP contribution in [0.2, 0.25) is 0 Å². The Balaban J connectivity index is 0.000000720. The smallest absolute Gasteiger partial charge is 0.154 e. The van der Waals surface area contributed by atoms with Crippen LogP contribution in [0.1, 0.15) is 12.8 Å². The van der Waals surface area contributed by atoms with Gasteiger partial charge in [-0.25, -0.2) is 8.42 Å². The fourth-order valence-corrected chi connectivity index (χ4v) is 4.18. The minimum absolute atomic E-state index is 0. The zero-order chi connectivity index (χ0) is 7.90. The van der Waals surface area contributed by atoms with E-state index in [1.54, 1.807) is 0 Å². The standard InChI is InChI=1S/C7H13NO2S.ClH/c9-11(10)3-1-2-6-4-8-5-7(6)11;/h6-8H,1-5H2;1H/t6-,7+;/m1./s1. The van der Waals surface area contributed by atoms with Crippen molar-refractivity contribution in [3.8, 4) is 0 Å². The van der Waals surface area contributed by atoms with Crippen LogP contribution in [-0.2, 0) is 9.84 Å². The van der Waals surface area contributed by atoms with Gasteiger partial charge in [-0.1, -0.05) is 0 Å². The van der Waals surface area contributed by atoms with Gasteiger partial charge in [-0.05, 0) is 25.3 Å². The summed E-state index contributed by atoms with van der Waals surface area (Å²) < 4.78 is 22.8. The normalized spacial score (nSPS) is 38.3. The van der Waals surface area contributed by atoms with Crippen LogP contribution >= 0.6 is 12.4 Å². The van der Waals surface area contributed by atoms with Crippen molar-refractivity contribution in [2.45, 2.75) is 18.1 Å². The molecule has 0 spiro atoms. The Morgan fingerprint density at radius 3 is 2.67 bits per heavy atom. The number of halogens is 1. The van der Waals surface area contributed by atoms with Crippen LogP contribution in [0.15, 0.2) is 0 Å². The molecule has 12 heavy (non-hydrogen) atoms. The minimum atomic E-state index is -2.72. The SMILES string of the molecule is Cl.O=S1(=O)CCC[C@@H]2CNC[C@@H]21. The lowest BCUT2D eigenvalue weighted by atomic mass is 10.0. The summed E-state index contributed by atoms with van der Waals surface area (Å²) in [6.45, 7) is 1.59. The Bertz CT molecular complexity index is 252. The molecular weight excluding hydrogens is 198 g/mol. The lowest BCUT2D eigenvalue weighted by molar-refractivity contribution is 0.477. The average Bonchev–Trinajstić information content (AvgIpc) is 2.34. The third-order valence-corrected chi connectivity index (χ3v) is 5.07. The molecule has 0 aromatic heterocycles. The van der Waals surface area contributed by atoms with E-state index in [1.165, 1.54) is 0 Å². The lowest BCUT2D eigenvalue weighted by Crippen LogP contribution is -2.35. The van der Waals surface area contributed by atoms with Gasteiger partial charge >= 0.3 is 0 Å². The number of nitrogens with one attached hydrogen (secondary N) is 1. The lowest BCUT2D eigenvalue weighted by Gasteiger charge is -2.23. The Labute approximate surface area is 79.2 Å². The van der Waals surface area contributed by atoms with Crippen LogP contribution in [0.4, 0.5) is 0 Å². The highest BCUT2D eigenvalue weighted by Crippen LogP contribution is 2.28. The summed E-state index contributed by atoms with van der Waals surface area (Å²) in [6.07, 6.45) is 1.96. The molecule has 5 heteroatoms. The molecule has 0 aromatic rings. The summed E-state index contributed by atoms with van der Waals surface area (Å²) in [7, 11) is -2.72. The number of hydrogen-bond donors (Lipinski definition) is 1. The second kappa shape index (κ2) is 3.52. The number of rotatable bonds is 0. The van der Waals surface area contributed by atoms with E-state index in [-0.39, 0.29) is 17.7 Å². The largest absolute Gasteiger partial charge is 0.315 e. The maximum absolute atomic E-state index is 11.4. The second-order valence-electron chi connectivity index (χ2n) is 3.47. The van der Waals surface area contributed by atoms with Crippen molar-refractivity contribution in [3.05, 3.63) is 0 Å². The van der Waals surface area contributed by atoms with Gasteiger partial charge in [-0.3, -0.25) is 0 Å². The first-order chi connectivity index (χ1) is 5.20. The van der Waals surface area contributed by atoms with Crippen LogP contribution < -0.4 is 5.32 Å². The summed E-state index contributed by atoms with van der Waals surface area (Å²) in [5.41, 5.74) is 0. The van der Waals surface area contributed by atoms with Crippen molar-refractivity contribution in [2.75, 3.05) is 18.8 Å².